The van der Waals surface area contributed by atoms with Gasteiger partial charge in [0.1, 0.15) is 0 Å². The summed E-state index contributed by atoms with van der Waals surface area (Å²) >= 11 is 0. The number of nitrogens with one attached hydrogen (secondary N) is 2. The van der Waals surface area contributed by atoms with Crippen molar-refractivity contribution in [1.82, 2.24) is 14.9 Å². The first-order valence-corrected chi connectivity index (χ1v) is 8.72. The number of aryl methyl sites for hydroxylation is 1. The van der Waals surface area contributed by atoms with Crippen LogP contribution >= 0.6 is 0 Å². The standard InChI is InChI=1S/C20H23N3O2/c24-19(13-7-4-10-16-8-2-1-3-9-16)21-14-15-23-18-12-6-5-11-17(18)22-20(23)25/h1-3,5-6,8-9,11-12H,4,7,10,13-15H2,(H,21,24)(H,22,25). The highest BCUT2D eigenvalue weighted by Gasteiger charge is 2.06. The van der Waals surface area contributed by atoms with Crippen LogP contribution in [0, 0.1) is 0 Å². The summed E-state index contributed by atoms with van der Waals surface area (Å²) in [5.74, 6) is 0.0425. The average Bonchev–Trinajstić information content (AvgIpc) is 2.95. The molecule has 0 radical (unpaired) electrons. The van der Waals surface area contributed by atoms with Crippen molar-refractivity contribution in [2.45, 2.75) is 32.2 Å². The summed E-state index contributed by atoms with van der Waals surface area (Å²) in [6.07, 6.45) is 3.39. The quantitative estimate of drug-likeness (QED) is 0.621. The van der Waals surface area contributed by atoms with Crippen molar-refractivity contribution in [3.8, 4) is 0 Å². The van der Waals surface area contributed by atoms with E-state index in [9.17, 15) is 9.59 Å². The third kappa shape index (κ3) is 4.59. The van der Waals surface area contributed by atoms with E-state index in [4.69, 9.17) is 0 Å². The van der Waals surface area contributed by atoms with Gasteiger partial charge in [-0.2, -0.15) is 0 Å². The van der Waals surface area contributed by atoms with E-state index in [-0.39, 0.29) is 11.6 Å². The van der Waals surface area contributed by atoms with Crippen LogP contribution in [0.5, 0.6) is 0 Å². The van der Waals surface area contributed by atoms with Crippen LogP contribution in [0.2, 0.25) is 0 Å². The summed E-state index contributed by atoms with van der Waals surface area (Å²) in [5.41, 5.74) is 2.85. The number of para-hydroxylation sites is 2. The molecule has 25 heavy (non-hydrogen) atoms. The van der Waals surface area contributed by atoms with Gasteiger partial charge in [-0.1, -0.05) is 42.5 Å². The summed E-state index contributed by atoms with van der Waals surface area (Å²) in [6.45, 7) is 0.928. The van der Waals surface area contributed by atoms with Gasteiger partial charge in [0.05, 0.1) is 11.0 Å². The number of unbranched alkanes of at least 4 members (excludes halogenated alkanes) is 1. The lowest BCUT2D eigenvalue weighted by molar-refractivity contribution is -0.121. The maximum atomic E-state index is 12.0. The van der Waals surface area contributed by atoms with Crippen LogP contribution < -0.4 is 11.0 Å². The van der Waals surface area contributed by atoms with Gasteiger partial charge < -0.3 is 10.3 Å². The topological polar surface area (TPSA) is 66.9 Å². The van der Waals surface area contributed by atoms with E-state index in [1.807, 2.05) is 42.5 Å². The fraction of sp³-hybridized carbons (Fsp3) is 0.300. The number of carbonyl (C=O) groups is 1. The summed E-state index contributed by atoms with van der Waals surface area (Å²) in [6, 6.07) is 17.9. The number of amides is 1. The summed E-state index contributed by atoms with van der Waals surface area (Å²) in [5, 5.41) is 2.90. The molecule has 0 atom stereocenters. The van der Waals surface area contributed by atoms with Gasteiger partial charge in [-0.3, -0.25) is 9.36 Å². The van der Waals surface area contributed by atoms with Gasteiger partial charge in [0, 0.05) is 19.5 Å². The Kier molecular flexibility index (Phi) is 5.67. The number of hydrogen-bond donors (Lipinski definition) is 2. The Morgan fingerprint density at radius 3 is 2.60 bits per heavy atom. The van der Waals surface area contributed by atoms with E-state index in [2.05, 4.69) is 22.4 Å². The molecule has 0 aliphatic heterocycles. The molecule has 3 aromatic rings. The number of benzene rings is 2. The predicted molar refractivity (Wildman–Crippen MR) is 99.6 cm³/mol. The molecule has 0 aliphatic carbocycles. The second-order valence-electron chi connectivity index (χ2n) is 6.14. The summed E-state index contributed by atoms with van der Waals surface area (Å²) in [4.78, 5) is 26.7. The second-order valence-corrected chi connectivity index (χ2v) is 6.14. The third-order valence-corrected chi connectivity index (χ3v) is 4.30. The molecule has 0 bridgehead atoms. The van der Waals surface area contributed by atoms with Gasteiger partial charge >= 0.3 is 5.69 Å². The normalized spacial score (nSPS) is 10.9. The molecular formula is C20H23N3O2. The maximum Gasteiger partial charge on any atom is 0.326 e. The smallest absolute Gasteiger partial charge is 0.326 e. The van der Waals surface area contributed by atoms with Gasteiger partial charge in [0.25, 0.3) is 0 Å². The van der Waals surface area contributed by atoms with E-state index in [0.29, 0.717) is 19.5 Å². The van der Waals surface area contributed by atoms with Crippen LogP contribution in [0.25, 0.3) is 11.0 Å². The molecular weight excluding hydrogens is 314 g/mol. The molecule has 0 saturated heterocycles. The molecule has 0 saturated carbocycles. The van der Waals surface area contributed by atoms with Crippen LogP contribution in [0.1, 0.15) is 24.8 Å². The van der Waals surface area contributed by atoms with E-state index < -0.39 is 0 Å². The molecule has 0 unspecified atom stereocenters. The Morgan fingerprint density at radius 2 is 1.76 bits per heavy atom. The highest BCUT2D eigenvalue weighted by molar-refractivity contribution is 5.76. The van der Waals surface area contributed by atoms with E-state index >= 15 is 0 Å². The number of rotatable bonds is 8. The number of aromatic nitrogens is 2. The van der Waals surface area contributed by atoms with Crippen molar-refractivity contribution in [2.24, 2.45) is 0 Å². The van der Waals surface area contributed by atoms with Crippen molar-refractivity contribution in [2.75, 3.05) is 6.54 Å². The molecule has 1 heterocycles. The molecule has 0 aliphatic rings. The average molecular weight is 337 g/mol. The van der Waals surface area contributed by atoms with Gasteiger partial charge in [0.15, 0.2) is 0 Å². The first-order chi connectivity index (χ1) is 12.2. The number of nitrogens with zero attached hydrogens (tertiary/aromatic N) is 1. The van der Waals surface area contributed by atoms with Crippen molar-refractivity contribution in [3.63, 3.8) is 0 Å². The van der Waals surface area contributed by atoms with Crippen LogP contribution in [-0.2, 0) is 17.8 Å². The third-order valence-electron chi connectivity index (χ3n) is 4.30. The molecule has 1 amide bonds. The molecule has 3 rings (SSSR count). The molecule has 1 aromatic heterocycles. The van der Waals surface area contributed by atoms with Gasteiger partial charge in [-0.15, -0.1) is 0 Å². The molecule has 2 N–H and O–H groups in total. The predicted octanol–water partition coefficient (Wildman–Crippen LogP) is 2.86. The first-order valence-electron chi connectivity index (χ1n) is 8.72. The zero-order valence-corrected chi connectivity index (χ0v) is 14.2. The van der Waals surface area contributed by atoms with Crippen molar-refractivity contribution < 1.29 is 4.79 Å². The minimum atomic E-state index is -0.140. The Morgan fingerprint density at radius 1 is 1.00 bits per heavy atom. The van der Waals surface area contributed by atoms with Crippen molar-refractivity contribution in [3.05, 3.63) is 70.6 Å². The first kappa shape index (κ1) is 17.0. The zero-order chi connectivity index (χ0) is 17.5. The number of aromatic amines is 1. The SMILES string of the molecule is O=C(CCCCc1ccccc1)NCCn1c(=O)[nH]c2ccccc21. The highest BCUT2D eigenvalue weighted by atomic mass is 16.2. The molecule has 2 aromatic carbocycles. The van der Waals surface area contributed by atoms with Gasteiger partial charge in [-0.25, -0.2) is 4.79 Å². The minimum absolute atomic E-state index is 0.0425. The summed E-state index contributed by atoms with van der Waals surface area (Å²) < 4.78 is 1.66. The minimum Gasteiger partial charge on any atom is -0.354 e. The Balaban J connectivity index is 1.39. The Labute approximate surface area is 146 Å². The lowest BCUT2D eigenvalue weighted by Gasteiger charge is -2.06. The van der Waals surface area contributed by atoms with E-state index in [1.165, 1.54) is 5.56 Å². The van der Waals surface area contributed by atoms with Crippen molar-refractivity contribution in [1.29, 1.82) is 0 Å². The number of hydrogen-bond acceptors (Lipinski definition) is 2. The van der Waals surface area contributed by atoms with Gasteiger partial charge in [-0.05, 0) is 37.0 Å². The molecule has 130 valence electrons. The largest absolute Gasteiger partial charge is 0.354 e. The fourth-order valence-electron chi connectivity index (χ4n) is 2.98. The Bertz CT molecular complexity index is 881. The van der Waals surface area contributed by atoms with Gasteiger partial charge in [0.2, 0.25) is 5.91 Å². The number of H-pyrrole nitrogens is 1. The lowest BCUT2D eigenvalue weighted by atomic mass is 10.1. The van der Waals surface area contributed by atoms with E-state index in [0.717, 1.165) is 30.3 Å². The molecule has 5 nitrogen and oxygen atoms in total. The zero-order valence-electron chi connectivity index (χ0n) is 14.2. The van der Waals surface area contributed by atoms with Crippen LogP contribution in [0.4, 0.5) is 0 Å². The second kappa shape index (κ2) is 8.33. The van der Waals surface area contributed by atoms with Crippen LogP contribution in [0.15, 0.2) is 59.4 Å². The van der Waals surface area contributed by atoms with Crippen LogP contribution in [0.3, 0.4) is 0 Å². The monoisotopic (exact) mass is 337 g/mol. The highest BCUT2D eigenvalue weighted by Crippen LogP contribution is 2.08. The fourth-order valence-corrected chi connectivity index (χ4v) is 2.98. The number of carbonyl (C=O) groups excluding carboxylic acids is 1. The number of fused-ring (bicyclic) bond motifs is 1. The van der Waals surface area contributed by atoms with Crippen molar-refractivity contribution >= 4 is 16.9 Å². The van der Waals surface area contributed by atoms with E-state index in [1.54, 1.807) is 4.57 Å². The molecule has 0 fully saturated rings. The number of imidazole rings is 1. The molecule has 0 spiro atoms. The summed E-state index contributed by atoms with van der Waals surface area (Å²) in [7, 11) is 0. The molecule has 5 heteroatoms. The van der Waals surface area contributed by atoms with Crippen LogP contribution in [-0.4, -0.2) is 22.0 Å². The maximum absolute atomic E-state index is 12.0. The Hall–Kier alpha value is -2.82. The lowest BCUT2D eigenvalue weighted by Crippen LogP contribution is -2.29.